The molecule has 0 saturated heterocycles. The molecule has 2 heteroatoms. The van der Waals surface area contributed by atoms with E-state index in [-0.39, 0.29) is 16.6 Å². The Morgan fingerprint density at radius 1 is 0.939 bits per heavy atom. The van der Waals surface area contributed by atoms with E-state index in [2.05, 4.69) is 69.6 Å². The fourth-order valence-corrected chi connectivity index (χ4v) is 6.76. The summed E-state index contributed by atoms with van der Waals surface area (Å²) in [6, 6.07) is 11.0. The van der Waals surface area contributed by atoms with Gasteiger partial charge in [0.2, 0.25) is 5.69 Å². The van der Waals surface area contributed by atoms with Gasteiger partial charge in [0.05, 0.1) is 16.4 Å². The van der Waals surface area contributed by atoms with Gasteiger partial charge in [-0.05, 0) is 53.8 Å². The van der Waals surface area contributed by atoms with Crippen molar-refractivity contribution in [2.45, 2.75) is 103 Å². The van der Waals surface area contributed by atoms with E-state index in [4.69, 9.17) is 0 Å². The number of unbranched alkanes of at least 4 members (excludes halogenated alkanes) is 3. The highest BCUT2D eigenvalue weighted by atomic mass is 19.1. The molecule has 1 aromatic heterocycles. The van der Waals surface area contributed by atoms with Crippen molar-refractivity contribution in [3.63, 3.8) is 0 Å². The zero-order chi connectivity index (χ0) is 23.4. The molecule has 5 rings (SSSR count). The van der Waals surface area contributed by atoms with Gasteiger partial charge in [0.15, 0.2) is 12.7 Å². The van der Waals surface area contributed by atoms with Crippen LogP contribution >= 0.6 is 0 Å². The summed E-state index contributed by atoms with van der Waals surface area (Å²) in [5.41, 5.74) is 7.16. The van der Waals surface area contributed by atoms with E-state index in [1.807, 2.05) is 0 Å². The van der Waals surface area contributed by atoms with Crippen LogP contribution in [0.1, 0.15) is 102 Å². The Morgan fingerprint density at radius 3 is 2.45 bits per heavy atom. The van der Waals surface area contributed by atoms with Gasteiger partial charge in [-0.15, -0.1) is 0 Å². The first kappa shape index (κ1) is 22.6. The zero-order valence-electron chi connectivity index (χ0n) is 21.2. The van der Waals surface area contributed by atoms with E-state index in [0.29, 0.717) is 0 Å². The van der Waals surface area contributed by atoms with Crippen molar-refractivity contribution in [3.8, 4) is 11.3 Å². The lowest BCUT2D eigenvalue weighted by atomic mass is 9.62. The van der Waals surface area contributed by atoms with Crippen LogP contribution in [0.15, 0.2) is 36.5 Å². The molecule has 0 N–H and O–H groups in total. The first-order valence-electron chi connectivity index (χ1n) is 13.2. The summed E-state index contributed by atoms with van der Waals surface area (Å²) >= 11 is 0. The van der Waals surface area contributed by atoms with Crippen LogP contribution in [-0.2, 0) is 23.8 Å². The summed E-state index contributed by atoms with van der Waals surface area (Å²) in [4.78, 5) is 0. The third kappa shape index (κ3) is 3.27. The minimum atomic E-state index is -0.359. The Kier molecular flexibility index (Phi) is 5.62. The molecular weight excluding hydrogens is 405 g/mol. The molecule has 0 spiro atoms. The number of nitrogens with zero attached hydrogens (tertiary/aromatic N) is 1. The molecule has 2 aliphatic rings. The third-order valence-electron chi connectivity index (χ3n) is 8.68. The number of rotatable bonds is 8. The fraction of sp³-hybridized carbons (Fsp3) is 0.516. The Labute approximate surface area is 199 Å². The molecule has 0 saturated carbocycles. The minimum Gasteiger partial charge on any atom is -0.207 e. The van der Waals surface area contributed by atoms with Crippen LogP contribution in [0.3, 0.4) is 0 Å². The van der Waals surface area contributed by atoms with Gasteiger partial charge in [-0.2, -0.15) is 4.57 Å². The van der Waals surface area contributed by atoms with Gasteiger partial charge in [-0.3, -0.25) is 0 Å². The van der Waals surface area contributed by atoms with Crippen molar-refractivity contribution < 1.29 is 8.96 Å². The van der Waals surface area contributed by atoms with Crippen LogP contribution < -0.4 is 4.57 Å². The minimum absolute atomic E-state index is 0.0487. The fourth-order valence-electron chi connectivity index (χ4n) is 6.76. The summed E-state index contributed by atoms with van der Waals surface area (Å²) < 4.78 is 18.2. The van der Waals surface area contributed by atoms with Gasteiger partial charge in [-0.25, -0.2) is 4.39 Å². The largest absolute Gasteiger partial charge is 0.221 e. The van der Waals surface area contributed by atoms with Crippen molar-refractivity contribution in [2.75, 3.05) is 0 Å². The summed E-state index contributed by atoms with van der Waals surface area (Å²) in [5, 5.41) is 2.66. The van der Waals surface area contributed by atoms with Crippen molar-refractivity contribution in [3.05, 3.63) is 64.6 Å². The Hall–Kier alpha value is -2.22. The third-order valence-corrected chi connectivity index (χ3v) is 8.68. The number of aromatic nitrogens is 1. The van der Waals surface area contributed by atoms with Crippen LogP contribution in [0.25, 0.3) is 22.0 Å². The van der Waals surface area contributed by atoms with Crippen molar-refractivity contribution in [1.29, 1.82) is 0 Å². The van der Waals surface area contributed by atoms with Gasteiger partial charge in [-0.1, -0.05) is 78.5 Å². The number of hydrogen-bond donors (Lipinski definition) is 0. The Bertz CT molecular complexity index is 1220. The summed E-state index contributed by atoms with van der Waals surface area (Å²) in [5.74, 6) is -0.0487. The standard InChI is InChI=1S/C31H39FN/c1-6-9-11-16-31(8-3)20-33-17-15-22-18-21(12-10-7-2)19-24-26(22)29(33)27-23(31)13-14-25(32)28(27)30(24,4)5/h13-15,17-19H,6-12,16,20H2,1-5H3/q+1. The second-order valence-corrected chi connectivity index (χ2v) is 11.1. The maximum absolute atomic E-state index is 15.7. The lowest BCUT2D eigenvalue weighted by Crippen LogP contribution is -2.52. The average molecular weight is 445 g/mol. The normalized spacial score (nSPS) is 19.8. The number of pyridine rings is 1. The van der Waals surface area contributed by atoms with Crippen LogP contribution in [0.5, 0.6) is 0 Å². The maximum atomic E-state index is 15.7. The quantitative estimate of drug-likeness (QED) is 0.244. The van der Waals surface area contributed by atoms with Gasteiger partial charge in [0.25, 0.3) is 0 Å². The molecule has 2 heterocycles. The van der Waals surface area contributed by atoms with E-state index in [0.717, 1.165) is 24.9 Å². The van der Waals surface area contributed by atoms with Crippen molar-refractivity contribution in [2.24, 2.45) is 0 Å². The Morgan fingerprint density at radius 2 is 1.73 bits per heavy atom. The summed E-state index contributed by atoms with van der Waals surface area (Å²) in [7, 11) is 0. The molecule has 2 aromatic carbocycles. The van der Waals surface area contributed by atoms with Crippen LogP contribution in [0.4, 0.5) is 4.39 Å². The van der Waals surface area contributed by atoms with E-state index >= 15 is 4.39 Å². The predicted octanol–water partition coefficient (Wildman–Crippen LogP) is 8.16. The highest BCUT2D eigenvalue weighted by molar-refractivity contribution is 6.01. The summed E-state index contributed by atoms with van der Waals surface area (Å²) in [6.07, 6.45) is 11.7. The predicted molar refractivity (Wildman–Crippen MR) is 136 cm³/mol. The molecule has 174 valence electrons. The topological polar surface area (TPSA) is 3.88 Å². The smallest absolute Gasteiger partial charge is 0.207 e. The van der Waals surface area contributed by atoms with Crippen LogP contribution in [0, 0.1) is 5.82 Å². The number of hydrogen-bond acceptors (Lipinski definition) is 0. The molecule has 1 atom stereocenters. The maximum Gasteiger partial charge on any atom is 0.221 e. The van der Waals surface area contributed by atoms with Gasteiger partial charge < -0.3 is 0 Å². The average Bonchev–Trinajstić information content (AvgIpc) is 2.80. The van der Waals surface area contributed by atoms with Gasteiger partial charge in [0.1, 0.15) is 5.82 Å². The molecule has 3 aromatic rings. The first-order chi connectivity index (χ1) is 15.9. The van der Waals surface area contributed by atoms with E-state index in [1.54, 1.807) is 6.07 Å². The molecule has 1 nitrogen and oxygen atoms in total. The molecule has 1 aliphatic heterocycles. The highest BCUT2D eigenvalue weighted by Gasteiger charge is 2.49. The summed E-state index contributed by atoms with van der Waals surface area (Å²) in [6.45, 7) is 12.3. The lowest BCUT2D eigenvalue weighted by Gasteiger charge is -2.42. The molecule has 1 aliphatic carbocycles. The van der Waals surface area contributed by atoms with E-state index in [1.165, 1.54) is 77.2 Å². The SMILES string of the molecule is CCCCCC1(CC)C[n+]2ccc3cc(CCCC)cc4c3c2-c2c1ccc(F)c2C4(C)C. The lowest BCUT2D eigenvalue weighted by molar-refractivity contribution is -0.696. The number of aryl methyl sites for hydroxylation is 1. The first-order valence-corrected chi connectivity index (χ1v) is 13.2. The monoisotopic (exact) mass is 444 g/mol. The molecule has 33 heavy (non-hydrogen) atoms. The van der Waals surface area contributed by atoms with E-state index < -0.39 is 0 Å². The number of halogens is 1. The molecule has 1 unspecified atom stereocenters. The van der Waals surface area contributed by atoms with Gasteiger partial charge in [0, 0.05) is 17.0 Å². The number of benzene rings is 2. The second-order valence-electron chi connectivity index (χ2n) is 11.1. The highest BCUT2D eigenvalue weighted by Crippen LogP contribution is 2.54. The van der Waals surface area contributed by atoms with Crippen molar-refractivity contribution >= 4 is 10.8 Å². The van der Waals surface area contributed by atoms with Crippen LogP contribution in [-0.4, -0.2) is 0 Å². The van der Waals surface area contributed by atoms with Gasteiger partial charge >= 0.3 is 0 Å². The zero-order valence-corrected chi connectivity index (χ0v) is 21.2. The second kappa shape index (κ2) is 8.22. The molecular formula is C31H39FN+. The van der Waals surface area contributed by atoms with Crippen LogP contribution in [0.2, 0.25) is 0 Å². The molecule has 0 amide bonds. The van der Waals surface area contributed by atoms with Crippen molar-refractivity contribution in [1.82, 2.24) is 0 Å². The molecule has 0 bridgehead atoms. The Balaban J connectivity index is 1.83. The van der Waals surface area contributed by atoms with E-state index in [9.17, 15) is 0 Å². The molecule has 0 radical (unpaired) electrons. The molecule has 0 fully saturated rings.